The Morgan fingerprint density at radius 2 is 0.482 bits per heavy atom. The van der Waals surface area contributed by atoms with Gasteiger partial charge in [0.2, 0.25) is 53.2 Å². The average Bonchev–Trinajstić information content (AvgIpc) is 3.14. The number of amides is 9. The van der Waals surface area contributed by atoms with E-state index in [9.17, 15) is 43.2 Å². The van der Waals surface area contributed by atoms with Crippen LogP contribution in [0.15, 0.2) is 0 Å². The van der Waals surface area contributed by atoms with E-state index in [1.54, 1.807) is 0 Å². The van der Waals surface area contributed by atoms with Crippen molar-refractivity contribution in [2.75, 3.05) is 72.0 Å². The number of carbonyl (C=O) groups excluding carboxylic acids is 9. The molecule has 0 aliphatic heterocycles. The topological polar surface area (TPSA) is 274 Å². The van der Waals surface area contributed by atoms with Crippen LogP contribution in [0, 0.1) is 0 Å². The minimum Gasteiger partial charge on any atom is -0.356 e. The first-order valence-electron chi connectivity index (χ1n) is 20.1. The zero-order valence-corrected chi connectivity index (χ0v) is 33.6. The first-order valence-corrected chi connectivity index (χ1v) is 20.1. The van der Waals surface area contributed by atoms with E-state index in [2.05, 4.69) is 53.2 Å². The molecule has 0 spiro atoms. The maximum Gasteiger partial charge on any atom is 0.221 e. The van der Waals surface area contributed by atoms with Crippen LogP contribution < -0.4 is 53.2 Å². The van der Waals surface area contributed by atoms with Crippen LogP contribution in [-0.4, -0.2) is 125 Å². The molecular weight excluding hydrogens is 728 g/mol. The first-order chi connectivity index (χ1) is 27.0. The van der Waals surface area contributed by atoms with Gasteiger partial charge in [-0.1, -0.05) is 13.8 Å². The molecule has 0 unspecified atom stereocenters. The van der Waals surface area contributed by atoms with Crippen molar-refractivity contribution in [3.8, 4) is 0 Å². The highest BCUT2D eigenvalue weighted by Crippen LogP contribution is 1.94. The molecule has 19 nitrogen and oxygen atoms in total. The van der Waals surface area contributed by atoms with E-state index in [-0.39, 0.29) is 137 Å². The molecule has 0 radical (unpaired) electrons. The molecule has 0 aliphatic rings. The second-order valence-corrected chi connectivity index (χ2v) is 13.1. The summed E-state index contributed by atoms with van der Waals surface area (Å²) >= 11 is 0. The molecule has 0 aromatic rings. The summed E-state index contributed by atoms with van der Waals surface area (Å²) in [5.41, 5.74) is 0. The summed E-state index contributed by atoms with van der Waals surface area (Å²) in [6, 6.07) is 0. The number of rotatable bonds is 35. The predicted molar refractivity (Wildman–Crippen MR) is 211 cm³/mol. The van der Waals surface area contributed by atoms with Gasteiger partial charge in [-0.05, 0) is 45.1 Å². The van der Waals surface area contributed by atoms with Crippen LogP contribution in [0.25, 0.3) is 0 Å². The summed E-state index contributed by atoms with van der Waals surface area (Å²) in [4.78, 5) is 106. The van der Waals surface area contributed by atoms with Crippen molar-refractivity contribution >= 4 is 53.2 Å². The SMILES string of the molecule is CCCC(=O)NCCCNCCC(=O)NCCC(=O)NCCC(=O)NCCCCCNC(=O)CCNC(=O)CCNC(=O)CCNC(=O)CCNC(=O)CCC. The number of hydrogen-bond acceptors (Lipinski definition) is 10. The van der Waals surface area contributed by atoms with Gasteiger partial charge in [-0.15, -0.1) is 0 Å². The van der Waals surface area contributed by atoms with E-state index in [1.165, 1.54) is 0 Å². The Morgan fingerprint density at radius 3 is 0.768 bits per heavy atom. The van der Waals surface area contributed by atoms with Crippen LogP contribution in [0.4, 0.5) is 0 Å². The Morgan fingerprint density at radius 1 is 0.250 bits per heavy atom. The Balaban J connectivity index is 3.63. The molecule has 0 aliphatic carbocycles. The lowest BCUT2D eigenvalue weighted by molar-refractivity contribution is -0.125. The highest BCUT2D eigenvalue weighted by molar-refractivity contribution is 5.82. The molecule has 10 N–H and O–H groups in total. The van der Waals surface area contributed by atoms with E-state index in [1.807, 2.05) is 13.8 Å². The van der Waals surface area contributed by atoms with Gasteiger partial charge in [-0.3, -0.25) is 43.2 Å². The Bertz CT molecular complexity index is 1200. The monoisotopic (exact) mass is 797 g/mol. The van der Waals surface area contributed by atoms with Gasteiger partial charge in [0.25, 0.3) is 0 Å². The van der Waals surface area contributed by atoms with Crippen LogP contribution in [0.2, 0.25) is 0 Å². The smallest absolute Gasteiger partial charge is 0.221 e. The third-order valence-corrected chi connectivity index (χ3v) is 7.88. The van der Waals surface area contributed by atoms with Gasteiger partial charge in [0.1, 0.15) is 0 Å². The molecule has 0 bridgehead atoms. The van der Waals surface area contributed by atoms with Gasteiger partial charge >= 0.3 is 0 Å². The molecule has 320 valence electrons. The third-order valence-electron chi connectivity index (χ3n) is 7.88. The molecule has 0 saturated carbocycles. The minimum atomic E-state index is -0.312. The number of unbranched alkanes of at least 4 members (excludes halogenated alkanes) is 2. The van der Waals surface area contributed by atoms with Gasteiger partial charge in [-0.2, -0.15) is 0 Å². The number of hydrogen-bond donors (Lipinski definition) is 10. The zero-order valence-electron chi connectivity index (χ0n) is 33.6. The molecule has 0 atom stereocenters. The average molecular weight is 797 g/mol. The Hall–Kier alpha value is -4.81. The third kappa shape index (κ3) is 34.9. The van der Waals surface area contributed by atoms with Crippen molar-refractivity contribution in [3.05, 3.63) is 0 Å². The van der Waals surface area contributed by atoms with Gasteiger partial charge in [0.15, 0.2) is 0 Å². The van der Waals surface area contributed by atoms with Gasteiger partial charge in [-0.25, -0.2) is 0 Å². The zero-order chi connectivity index (χ0) is 41.7. The summed E-state index contributed by atoms with van der Waals surface area (Å²) in [6.45, 7) is 7.64. The van der Waals surface area contributed by atoms with Crippen LogP contribution >= 0.6 is 0 Å². The van der Waals surface area contributed by atoms with E-state index in [0.717, 1.165) is 38.5 Å². The molecular formula is C37H68N10O9. The molecule has 0 heterocycles. The lowest BCUT2D eigenvalue weighted by Gasteiger charge is -2.09. The van der Waals surface area contributed by atoms with Gasteiger partial charge < -0.3 is 53.2 Å². The number of nitrogens with one attached hydrogen (secondary N) is 10. The summed E-state index contributed by atoms with van der Waals surface area (Å²) in [5.74, 6) is -1.75. The van der Waals surface area contributed by atoms with Crippen molar-refractivity contribution in [1.82, 2.24) is 53.2 Å². The van der Waals surface area contributed by atoms with E-state index >= 15 is 0 Å². The molecule has 9 amide bonds. The van der Waals surface area contributed by atoms with Gasteiger partial charge in [0, 0.05) is 123 Å². The van der Waals surface area contributed by atoms with Crippen LogP contribution in [0.3, 0.4) is 0 Å². The van der Waals surface area contributed by atoms with E-state index in [0.29, 0.717) is 45.6 Å². The molecule has 0 aromatic heterocycles. The summed E-state index contributed by atoms with van der Waals surface area (Å²) < 4.78 is 0. The normalized spacial score (nSPS) is 10.4. The molecule has 0 rings (SSSR count). The highest BCUT2D eigenvalue weighted by Gasteiger charge is 2.09. The molecule has 0 saturated heterocycles. The summed E-state index contributed by atoms with van der Waals surface area (Å²) in [7, 11) is 0. The Kier molecular flexibility index (Phi) is 32.8. The first kappa shape index (κ1) is 51.2. The molecule has 19 heteroatoms. The second-order valence-electron chi connectivity index (χ2n) is 13.1. The van der Waals surface area contributed by atoms with Crippen LogP contribution in [0.5, 0.6) is 0 Å². The molecule has 56 heavy (non-hydrogen) atoms. The van der Waals surface area contributed by atoms with Crippen molar-refractivity contribution in [2.45, 2.75) is 110 Å². The van der Waals surface area contributed by atoms with Crippen molar-refractivity contribution in [3.63, 3.8) is 0 Å². The van der Waals surface area contributed by atoms with Crippen LogP contribution in [0.1, 0.15) is 110 Å². The molecule has 0 fully saturated rings. The predicted octanol–water partition coefficient (Wildman–Crippen LogP) is -1.49. The quantitative estimate of drug-likeness (QED) is 0.0332. The minimum absolute atomic E-state index is 0.0482. The standard InChI is InChI=1S/C37H68N10O9/c1-3-9-29(48)41-21-8-18-38-22-11-31(50)43-26-15-35(54)44-24-12-32(51)39-19-6-5-7-20-40-33(52)13-25-45-36(55)16-28-47-37(56)17-27-46-34(53)14-23-42-30(49)10-4-2/h38H,3-28H2,1-2H3,(H,39,51)(H,40,52)(H,41,48)(H,42,49)(H,43,50)(H,44,54)(H,45,55)(H,46,53)(H,47,56). The van der Waals surface area contributed by atoms with Crippen LogP contribution in [-0.2, 0) is 43.2 Å². The van der Waals surface area contributed by atoms with Gasteiger partial charge in [0.05, 0.1) is 0 Å². The van der Waals surface area contributed by atoms with Crippen molar-refractivity contribution in [1.29, 1.82) is 0 Å². The fourth-order valence-corrected chi connectivity index (χ4v) is 4.79. The maximum absolute atomic E-state index is 12.0. The lowest BCUT2D eigenvalue weighted by Crippen LogP contribution is -2.35. The van der Waals surface area contributed by atoms with Crippen molar-refractivity contribution < 1.29 is 43.2 Å². The molecule has 0 aromatic carbocycles. The highest BCUT2D eigenvalue weighted by atomic mass is 16.2. The Labute approximate surface area is 331 Å². The summed E-state index contributed by atoms with van der Waals surface area (Å²) in [5, 5.41) is 27.4. The largest absolute Gasteiger partial charge is 0.356 e. The van der Waals surface area contributed by atoms with E-state index < -0.39 is 0 Å². The lowest BCUT2D eigenvalue weighted by atomic mass is 10.2. The maximum atomic E-state index is 12.0. The second kappa shape index (κ2) is 35.9. The summed E-state index contributed by atoms with van der Waals surface area (Å²) in [6.07, 6.45) is 6.37. The fourth-order valence-electron chi connectivity index (χ4n) is 4.79. The fraction of sp³-hybridized carbons (Fsp3) is 0.757. The van der Waals surface area contributed by atoms with Crippen molar-refractivity contribution in [2.24, 2.45) is 0 Å². The number of carbonyl (C=O) groups is 9. The van der Waals surface area contributed by atoms with E-state index in [4.69, 9.17) is 0 Å².